The minimum atomic E-state index is 0.149. The molecule has 1 aromatic carbocycles. The van der Waals surface area contributed by atoms with Gasteiger partial charge >= 0.3 is 0 Å². The van der Waals surface area contributed by atoms with Crippen LogP contribution in [0.4, 0.5) is 0 Å². The van der Waals surface area contributed by atoms with Crippen LogP contribution in [0, 0.1) is 0 Å². The van der Waals surface area contributed by atoms with Crippen molar-refractivity contribution in [2.24, 2.45) is 0 Å². The Bertz CT molecular complexity index is 787. The van der Waals surface area contributed by atoms with Crippen molar-refractivity contribution >= 4 is 17.3 Å². The van der Waals surface area contributed by atoms with Crippen molar-refractivity contribution in [3.05, 3.63) is 82.5 Å². The highest BCUT2D eigenvalue weighted by molar-refractivity contribution is 7.80. The monoisotopic (exact) mass is 454 g/mol. The first-order valence-electron chi connectivity index (χ1n) is 11.7. The highest BCUT2D eigenvalue weighted by Gasteiger charge is 1.98. The number of nitrogens with one attached hydrogen (secondary N) is 2. The lowest BCUT2D eigenvalue weighted by Gasteiger charge is -2.09. The van der Waals surface area contributed by atoms with Crippen molar-refractivity contribution in [1.29, 1.82) is 0 Å². The molecule has 0 aliphatic carbocycles. The van der Waals surface area contributed by atoms with E-state index in [-0.39, 0.29) is 6.61 Å². The van der Waals surface area contributed by atoms with Gasteiger partial charge in [-0.1, -0.05) is 71.4 Å². The van der Waals surface area contributed by atoms with Crippen LogP contribution in [0.25, 0.3) is 0 Å². The number of allylic oxidation sites excluding steroid dienone is 6. The van der Waals surface area contributed by atoms with Crippen molar-refractivity contribution < 1.29 is 5.11 Å². The van der Waals surface area contributed by atoms with E-state index in [2.05, 4.69) is 74.8 Å². The molecule has 0 saturated carbocycles. The van der Waals surface area contributed by atoms with Gasteiger partial charge in [0.2, 0.25) is 0 Å². The van der Waals surface area contributed by atoms with E-state index in [1.807, 2.05) is 18.2 Å². The number of aliphatic hydroxyl groups excluding tert-OH is 1. The number of benzene rings is 1. The van der Waals surface area contributed by atoms with Gasteiger partial charge in [-0.25, -0.2) is 0 Å². The molecule has 0 aliphatic rings. The number of thiocarbonyl (C=S) groups is 1. The molecule has 176 valence electrons. The maximum Gasteiger partial charge on any atom is 0.166 e. The van der Waals surface area contributed by atoms with Gasteiger partial charge < -0.3 is 15.7 Å². The van der Waals surface area contributed by atoms with E-state index in [0.29, 0.717) is 5.11 Å². The van der Waals surface area contributed by atoms with E-state index in [9.17, 15) is 5.11 Å². The van der Waals surface area contributed by atoms with Crippen LogP contribution in [0.5, 0.6) is 0 Å². The summed E-state index contributed by atoms with van der Waals surface area (Å²) in [5.41, 5.74) is 6.49. The van der Waals surface area contributed by atoms with Crippen LogP contribution < -0.4 is 10.6 Å². The van der Waals surface area contributed by atoms with Crippen molar-refractivity contribution in [2.45, 2.75) is 72.8 Å². The first kappa shape index (κ1) is 27.9. The fourth-order valence-corrected chi connectivity index (χ4v) is 3.36. The Labute approximate surface area is 201 Å². The zero-order chi connectivity index (χ0) is 23.6. The molecule has 0 fully saturated rings. The molecule has 0 heterocycles. The average Bonchev–Trinajstić information content (AvgIpc) is 2.77. The summed E-state index contributed by atoms with van der Waals surface area (Å²) in [6.07, 6.45) is 15.1. The number of hydrogen-bond acceptors (Lipinski definition) is 2. The first-order chi connectivity index (χ1) is 15.4. The zero-order valence-corrected chi connectivity index (χ0v) is 21.2. The Morgan fingerprint density at radius 2 is 1.44 bits per heavy atom. The van der Waals surface area contributed by atoms with Gasteiger partial charge in [0.05, 0.1) is 6.61 Å². The summed E-state index contributed by atoms with van der Waals surface area (Å²) >= 11 is 5.34. The summed E-state index contributed by atoms with van der Waals surface area (Å²) in [5.74, 6) is 0. The van der Waals surface area contributed by atoms with E-state index < -0.39 is 0 Å². The molecule has 0 atom stereocenters. The Morgan fingerprint density at radius 3 is 2.09 bits per heavy atom. The normalized spacial score (nSPS) is 12.5. The average molecular weight is 455 g/mol. The third kappa shape index (κ3) is 14.8. The Kier molecular flexibility index (Phi) is 15.1. The third-order valence-electron chi connectivity index (χ3n) is 5.23. The van der Waals surface area contributed by atoms with Gasteiger partial charge in [-0.05, 0) is 89.6 Å². The maximum atomic E-state index is 9.65. The van der Waals surface area contributed by atoms with E-state index in [4.69, 9.17) is 12.2 Å². The standard InChI is InChI=1S/C28H42N2OS/c1-23(2)11-8-12-24(3)13-9-17-27(22-31)18-10-14-25(4)19-20-29-28(32)30-21-26-15-6-5-7-16-26/h5-7,11,13,15-16,18-19,31H,8-10,12,14,17,20-22H2,1-4H3,(H2,29,30,32)/b24-13+,25-19+,27-18+. The number of aliphatic hydroxyl groups is 1. The largest absolute Gasteiger partial charge is 0.392 e. The molecule has 0 saturated heterocycles. The Hall–Kier alpha value is -2.17. The molecule has 0 aliphatic heterocycles. The molecule has 4 heteroatoms. The molecule has 1 rings (SSSR count). The first-order valence-corrected chi connectivity index (χ1v) is 12.1. The smallest absolute Gasteiger partial charge is 0.166 e. The minimum Gasteiger partial charge on any atom is -0.392 e. The molecule has 0 unspecified atom stereocenters. The van der Waals surface area contributed by atoms with Crippen molar-refractivity contribution in [3.63, 3.8) is 0 Å². The summed E-state index contributed by atoms with van der Waals surface area (Å²) < 4.78 is 0. The Morgan fingerprint density at radius 1 is 0.812 bits per heavy atom. The highest BCUT2D eigenvalue weighted by atomic mass is 32.1. The lowest BCUT2D eigenvalue weighted by Crippen LogP contribution is -2.34. The van der Waals surface area contributed by atoms with E-state index in [1.54, 1.807) is 0 Å². The highest BCUT2D eigenvalue weighted by Crippen LogP contribution is 2.13. The predicted octanol–water partition coefficient (Wildman–Crippen LogP) is 6.77. The molecule has 0 radical (unpaired) electrons. The molecular formula is C28H42N2OS. The van der Waals surface area contributed by atoms with Gasteiger partial charge in [-0.15, -0.1) is 0 Å². The molecule has 3 nitrogen and oxygen atoms in total. The van der Waals surface area contributed by atoms with Gasteiger partial charge in [0.1, 0.15) is 0 Å². The second kappa shape index (κ2) is 17.4. The van der Waals surface area contributed by atoms with Crippen LogP contribution in [0.15, 0.2) is 76.9 Å². The fourth-order valence-electron chi connectivity index (χ4n) is 3.20. The molecule has 0 amide bonds. The van der Waals surface area contributed by atoms with Gasteiger partial charge in [0.15, 0.2) is 5.11 Å². The van der Waals surface area contributed by atoms with E-state index >= 15 is 0 Å². The van der Waals surface area contributed by atoms with E-state index in [1.165, 1.54) is 22.3 Å². The molecular weight excluding hydrogens is 412 g/mol. The molecule has 0 spiro atoms. The third-order valence-corrected chi connectivity index (χ3v) is 5.52. The number of rotatable bonds is 14. The number of hydrogen-bond donors (Lipinski definition) is 3. The van der Waals surface area contributed by atoms with Crippen molar-refractivity contribution in [2.75, 3.05) is 13.2 Å². The molecule has 1 aromatic rings. The van der Waals surface area contributed by atoms with Crippen LogP contribution in [0.2, 0.25) is 0 Å². The SMILES string of the molecule is CC(C)=CCC/C(C)=C/CC/C(=C\CC/C(C)=C/CNC(=S)NCc1ccccc1)CO. The summed E-state index contributed by atoms with van der Waals surface area (Å²) in [7, 11) is 0. The molecule has 0 bridgehead atoms. The second-order valence-electron chi connectivity index (χ2n) is 8.57. The van der Waals surface area contributed by atoms with Crippen LogP contribution >= 0.6 is 12.2 Å². The van der Waals surface area contributed by atoms with Gasteiger partial charge in [-0.3, -0.25) is 0 Å². The van der Waals surface area contributed by atoms with Crippen molar-refractivity contribution in [1.82, 2.24) is 10.6 Å². The van der Waals surface area contributed by atoms with Crippen LogP contribution in [-0.4, -0.2) is 23.4 Å². The predicted molar refractivity (Wildman–Crippen MR) is 144 cm³/mol. The van der Waals surface area contributed by atoms with Crippen LogP contribution in [-0.2, 0) is 6.54 Å². The Balaban J connectivity index is 2.26. The minimum absolute atomic E-state index is 0.149. The van der Waals surface area contributed by atoms with Gasteiger partial charge in [0, 0.05) is 13.1 Å². The lowest BCUT2D eigenvalue weighted by atomic mass is 10.0. The lowest BCUT2D eigenvalue weighted by molar-refractivity contribution is 0.326. The van der Waals surface area contributed by atoms with Gasteiger partial charge in [-0.2, -0.15) is 0 Å². The molecule has 32 heavy (non-hydrogen) atoms. The van der Waals surface area contributed by atoms with Crippen molar-refractivity contribution in [3.8, 4) is 0 Å². The van der Waals surface area contributed by atoms with Crippen LogP contribution in [0.3, 0.4) is 0 Å². The summed E-state index contributed by atoms with van der Waals surface area (Å²) in [6.45, 7) is 10.2. The topological polar surface area (TPSA) is 44.3 Å². The summed E-state index contributed by atoms with van der Waals surface area (Å²) in [4.78, 5) is 0. The van der Waals surface area contributed by atoms with E-state index in [0.717, 1.165) is 57.2 Å². The fraction of sp³-hybridized carbons (Fsp3) is 0.464. The van der Waals surface area contributed by atoms with Gasteiger partial charge in [0.25, 0.3) is 0 Å². The molecule has 3 N–H and O–H groups in total. The maximum absolute atomic E-state index is 9.65. The summed E-state index contributed by atoms with van der Waals surface area (Å²) in [5, 5.41) is 16.8. The van der Waals surface area contributed by atoms with Crippen LogP contribution in [0.1, 0.15) is 71.8 Å². The summed E-state index contributed by atoms with van der Waals surface area (Å²) in [6, 6.07) is 10.2. The zero-order valence-electron chi connectivity index (χ0n) is 20.4. The quantitative estimate of drug-likeness (QED) is 0.214. The molecule has 0 aromatic heterocycles. The second-order valence-corrected chi connectivity index (χ2v) is 8.98.